The number of nitrogens with zero attached hydrogens (tertiary/aromatic N) is 4. The summed E-state index contributed by atoms with van der Waals surface area (Å²) in [6, 6.07) is 11.1. The van der Waals surface area contributed by atoms with Gasteiger partial charge in [-0.15, -0.1) is 0 Å². The van der Waals surface area contributed by atoms with E-state index in [1.165, 1.54) is 17.2 Å². The lowest BCUT2D eigenvalue weighted by Gasteiger charge is -2.32. The normalized spacial score (nSPS) is 15.8. The molecule has 2 heterocycles. The van der Waals surface area contributed by atoms with E-state index in [1.807, 2.05) is 16.8 Å². The molecule has 146 valence electrons. The fourth-order valence-corrected chi connectivity index (χ4v) is 3.69. The number of ether oxygens (including phenoxy) is 1. The quantitative estimate of drug-likeness (QED) is 0.493. The highest BCUT2D eigenvalue weighted by atomic mass is 16.6. The maximum absolute atomic E-state index is 10.9. The van der Waals surface area contributed by atoms with Crippen LogP contribution in [0.3, 0.4) is 0 Å². The van der Waals surface area contributed by atoms with Gasteiger partial charge >= 0.3 is 0 Å². The summed E-state index contributed by atoms with van der Waals surface area (Å²) in [7, 11) is 0. The first-order valence-corrected chi connectivity index (χ1v) is 9.56. The van der Waals surface area contributed by atoms with Gasteiger partial charge in [-0.3, -0.25) is 19.7 Å². The average Bonchev–Trinajstić information content (AvgIpc) is 3.09. The Hall–Kier alpha value is -2.93. The number of hydrogen-bond acceptors (Lipinski definition) is 5. The summed E-state index contributed by atoms with van der Waals surface area (Å²) < 4.78 is 8.15. The Morgan fingerprint density at radius 1 is 1.21 bits per heavy atom. The first kappa shape index (κ1) is 18.4. The smallest absolute Gasteiger partial charge is 0.270 e. The van der Waals surface area contributed by atoms with Crippen molar-refractivity contribution >= 4 is 16.6 Å². The van der Waals surface area contributed by atoms with Crippen LogP contribution in [0.1, 0.15) is 24.0 Å². The number of nitro benzene ring substituents is 1. The molecule has 3 aromatic rings. The van der Waals surface area contributed by atoms with Crippen LogP contribution in [0, 0.1) is 24.0 Å². The van der Waals surface area contributed by atoms with E-state index in [2.05, 4.69) is 29.9 Å². The number of rotatable bonds is 5. The molecule has 7 heteroatoms. The Balaban J connectivity index is 1.37. The molecule has 0 saturated carbocycles. The molecule has 2 aromatic carbocycles. The van der Waals surface area contributed by atoms with Gasteiger partial charge in [0, 0.05) is 30.6 Å². The third-order valence-corrected chi connectivity index (χ3v) is 5.55. The minimum Gasteiger partial charge on any atom is -0.490 e. The van der Waals surface area contributed by atoms with Crippen molar-refractivity contribution < 1.29 is 9.66 Å². The highest BCUT2D eigenvalue weighted by Gasteiger charge is 2.22. The zero-order chi connectivity index (χ0) is 19.7. The van der Waals surface area contributed by atoms with Crippen molar-refractivity contribution in [3.8, 4) is 5.75 Å². The van der Waals surface area contributed by atoms with Gasteiger partial charge in [-0.05, 0) is 49.9 Å². The van der Waals surface area contributed by atoms with Crippen LogP contribution in [0.4, 0.5) is 5.69 Å². The fourth-order valence-electron chi connectivity index (χ4n) is 3.69. The zero-order valence-electron chi connectivity index (χ0n) is 16.2. The van der Waals surface area contributed by atoms with Gasteiger partial charge in [0.25, 0.3) is 5.69 Å². The van der Waals surface area contributed by atoms with Crippen molar-refractivity contribution in [1.29, 1.82) is 0 Å². The van der Waals surface area contributed by atoms with E-state index in [-0.39, 0.29) is 16.7 Å². The Kier molecular flexibility index (Phi) is 5.00. The van der Waals surface area contributed by atoms with Gasteiger partial charge < -0.3 is 4.74 Å². The standard InChI is InChI=1S/C21H24N4O3/c1-15-4-3-5-21(16(15)2)28-19-8-10-23(11-9-19)14-24-20-7-6-18(25(26)27)12-17(20)13-22-24/h3-7,12-13,19H,8-11,14H2,1-2H3. The number of benzene rings is 2. The number of aromatic nitrogens is 2. The molecule has 0 amide bonds. The average molecular weight is 380 g/mol. The molecular weight excluding hydrogens is 356 g/mol. The van der Waals surface area contributed by atoms with Crippen LogP contribution >= 0.6 is 0 Å². The summed E-state index contributed by atoms with van der Waals surface area (Å²) in [6.45, 7) is 6.76. The molecule has 0 unspecified atom stereocenters. The summed E-state index contributed by atoms with van der Waals surface area (Å²) in [4.78, 5) is 12.9. The maximum Gasteiger partial charge on any atom is 0.270 e. The number of non-ortho nitro benzene ring substituents is 1. The molecule has 0 aliphatic carbocycles. The van der Waals surface area contributed by atoms with E-state index >= 15 is 0 Å². The number of aryl methyl sites for hydroxylation is 1. The van der Waals surface area contributed by atoms with Crippen molar-refractivity contribution in [3.05, 3.63) is 63.8 Å². The van der Waals surface area contributed by atoms with Gasteiger partial charge in [0.05, 0.1) is 23.3 Å². The van der Waals surface area contributed by atoms with Gasteiger partial charge in [-0.25, -0.2) is 0 Å². The predicted octanol–water partition coefficient (Wildman–Crippen LogP) is 4.06. The molecule has 7 nitrogen and oxygen atoms in total. The molecule has 0 N–H and O–H groups in total. The molecule has 4 rings (SSSR count). The van der Waals surface area contributed by atoms with Crippen molar-refractivity contribution in [3.63, 3.8) is 0 Å². The molecule has 1 fully saturated rings. The molecule has 0 spiro atoms. The molecular formula is C21H24N4O3. The number of likely N-dealkylation sites (tertiary alicyclic amines) is 1. The lowest BCUT2D eigenvalue weighted by molar-refractivity contribution is -0.384. The SMILES string of the molecule is Cc1cccc(OC2CCN(Cn3ncc4cc([N+](=O)[O-])ccc43)CC2)c1C. The maximum atomic E-state index is 10.9. The number of hydrogen-bond donors (Lipinski definition) is 0. The lowest BCUT2D eigenvalue weighted by atomic mass is 10.1. The van der Waals surface area contributed by atoms with Crippen LogP contribution in [-0.2, 0) is 6.67 Å². The van der Waals surface area contributed by atoms with Gasteiger partial charge in [-0.1, -0.05) is 12.1 Å². The second-order valence-electron chi connectivity index (χ2n) is 7.42. The van der Waals surface area contributed by atoms with Crippen molar-refractivity contribution in [2.24, 2.45) is 0 Å². The predicted molar refractivity (Wildman–Crippen MR) is 108 cm³/mol. The molecule has 0 radical (unpaired) electrons. The second kappa shape index (κ2) is 7.59. The monoisotopic (exact) mass is 380 g/mol. The van der Waals surface area contributed by atoms with Crippen LogP contribution in [0.15, 0.2) is 42.6 Å². The van der Waals surface area contributed by atoms with Crippen LogP contribution in [0.25, 0.3) is 10.9 Å². The van der Waals surface area contributed by atoms with Crippen LogP contribution in [0.5, 0.6) is 5.75 Å². The van der Waals surface area contributed by atoms with Crippen LogP contribution in [0.2, 0.25) is 0 Å². The Labute approximate surface area is 163 Å². The minimum atomic E-state index is -0.377. The Morgan fingerprint density at radius 2 is 2.00 bits per heavy atom. The zero-order valence-corrected chi connectivity index (χ0v) is 16.2. The van der Waals surface area contributed by atoms with Crippen molar-refractivity contribution in [2.75, 3.05) is 13.1 Å². The summed E-state index contributed by atoms with van der Waals surface area (Å²) in [5.41, 5.74) is 3.47. The third kappa shape index (κ3) is 3.71. The lowest BCUT2D eigenvalue weighted by Crippen LogP contribution is -2.39. The topological polar surface area (TPSA) is 73.4 Å². The molecule has 0 atom stereocenters. The second-order valence-corrected chi connectivity index (χ2v) is 7.42. The number of nitro groups is 1. The summed E-state index contributed by atoms with van der Waals surface area (Å²) in [5.74, 6) is 0.984. The molecule has 0 bridgehead atoms. The van der Waals surface area contributed by atoms with Gasteiger partial charge in [0.2, 0.25) is 0 Å². The molecule has 1 aliphatic heterocycles. The Bertz CT molecular complexity index is 1010. The molecule has 1 saturated heterocycles. The van der Waals surface area contributed by atoms with E-state index in [0.29, 0.717) is 6.67 Å². The molecule has 1 aliphatic rings. The highest BCUT2D eigenvalue weighted by Crippen LogP contribution is 2.25. The van der Waals surface area contributed by atoms with Crippen molar-refractivity contribution in [2.45, 2.75) is 39.5 Å². The van der Waals surface area contributed by atoms with E-state index in [1.54, 1.807) is 18.3 Å². The Morgan fingerprint density at radius 3 is 2.75 bits per heavy atom. The first-order valence-electron chi connectivity index (χ1n) is 9.56. The summed E-state index contributed by atoms with van der Waals surface area (Å²) in [5, 5.41) is 16.1. The number of piperidine rings is 1. The van der Waals surface area contributed by atoms with E-state index < -0.39 is 0 Å². The largest absolute Gasteiger partial charge is 0.490 e. The molecule has 28 heavy (non-hydrogen) atoms. The van der Waals surface area contributed by atoms with E-state index in [0.717, 1.165) is 42.6 Å². The van der Waals surface area contributed by atoms with Gasteiger partial charge in [0.1, 0.15) is 11.9 Å². The van der Waals surface area contributed by atoms with Crippen LogP contribution < -0.4 is 4.74 Å². The number of fused-ring (bicyclic) bond motifs is 1. The van der Waals surface area contributed by atoms with Crippen molar-refractivity contribution in [1.82, 2.24) is 14.7 Å². The fraction of sp³-hybridized carbons (Fsp3) is 0.381. The minimum absolute atomic E-state index is 0.0939. The highest BCUT2D eigenvalue weighted by molar-refractivity contribution is 5.81. The summed E-state index contributed by atoms with van der Waals surface area (Å²) in [6.07, 6.45) is 3.86. The third-order valence-electron chi connectivity index (χ3n) is 5.55. The molecule has 1 aromatic heterocycles. The first-order chi connectivity index (χ1) is 13.5. The van der Waals surface area contributed by atoms with E-state index in [9.17, 15) is 10.1 Å². The van der Waals surface area contributed by atoms with Crippen LogP contribution in [-0.4, -0.2) is 38.8 Å². The van der Waals surface area contributed by atoms with Gasteiger partial charge in [0.15, 0.2) is 0 Å². The van der Waals surface area contributed by atoms with E-state index in [4.69, 9.17) is 4.74 Å². The summed E-state index contributed by atoms with van der Waals surface area (Å²) >= 11 is 0. The van der Waals surface area contributed by atoms with Gasteiger partial charge in [-0.2, -0.15) is 5.10 Å².